The Morgan fingerprint density at radius 2 is 0.820 bits per heavy atom. The predicted octanol–water partition coefficient (Wildman–Crippen LogP) is 16.8. The first-order chi connectivity index (χ1) is 30.3. The summed E-state index contributed by atoms with van der Waals surface area (Å²) in [7, 11) is 0. The molecule has 10 aromatic carbocycles. The summed E-state index contributed by atoms with van der Waals surface area (Å²) in [5.74, 6) is 0. The zero-order valence-electron chi connectivity index (χ0n) is 33.2. The van der Waals surface area contributed by atoms with Gasteiger partial charge in [-0.3, -0.25) is 0 Å². The summed E-state index contributed by atoms with van der Waals surface area (Å²) in [6.07, 6.45) is 0. The molecule has 0 bridgehead atoms. The maximum Gasteiger partial charge on any atom is 0.0562 e. The number of nitrogens with zero attached hydrogens (tertiary/aromatic N) is 2. The van der Waals surface area contributed by atoms with Gasteiger partial charge in [0.05, 0.1) is 28.1 Å². The van der Waals surface area contributed by atoms with Crippen molar-refractivity contribution in [3.63, 3.8) is 0 Å². The van der Waals surface area contributed by atoms with Gasteiger partial charge in [-0.1, -0.05) is 176 Å². The molecule has 0 unspecified atom stereocenters. The second kappa shape index (κ2) is 14.5. The number of fused-ring (bicyclic) bond motifs is 7. The Morgan fingerprint density at radius 3 is 1.57 bits per heavy atom. The number of thiophene rings is 1. The van der Waals surface area contributed by atoms with Crippen LogP contribution in [0.25, 0.3) is 91.8 Å². The molecule has 2 aromatic heterocycles. The van der Waals surface area contributed by atoms with Crippen molar-refractivity contribution in [2.75, 3.05) is 4.90 Å². The van der Waals surface area contributed by atoms with E-state index in [9.17, 15) is 0 Å². The molecular formula is C58H38N2S. The molecule has 0 atom stereocenters. The van der Waals surface area contributed by atoms with Gasteiger partial charge in [0, 0.05) is 47.8 Å². The van der Waals surface area contributed by atoms with E-state index in [1.54, 1.807) is 0 Å². The number of benzene rings is 10. The van der Waals surface area contributed by atoms with Crippen molar-refractivity contribution in [1.82, 2.24) is 4.57 Å². The van der Waals surface area contributed by atoms with Crippen molar-refractivity contribution in [3.05, 3.63) is 231 Å². The van der Waals surface area contributed by atoms with Crippen LogP contribution in [0.1, 0.15) is 0 Å². The van der Waals surface area contributed by atoms with Gasteiger partial charge >= 0.3 is 0 Å². The fourth-order valence-corrected chi connectivity index (χ4v) is 10.8. The molecule has 2 heterocycles. The van der Waals surface area contributed by atoms with E-state index in [2.05, 4.69) is 240 Å². The van der Waals surface area contributed by atoms with Crippen molar-refractivity contribution in [1.29, 1.82) is 0 Å². The fraction of sp³-hybridized carbons (Fsp3) is 0. The molecule has 0 saturated heterocycles. The van der Waals surface area contributed by atoms with Crippen LogP contribution >= 0.6 is 11.3 Å². The van der Waals surface area contributed by atoms with E-state index in [1.165, 1.54) is 75.1 Å². The highest BCUT2D eigenvalue weighted by molar-refractivity contribution is 7.25. The first-order valence-corrected chi connectivity index (χ1v) is 21.7. The van der Waals surface area contributed by atoms with Crippen molar-refractivity contribution in [2.45, 2.75) is 0 Å². The number of anilines is 3. The molecule has 0 aliphatic heterocycles. The largest absolute Gasteiger partial charge is 0.309 e. The zero-order chi connectivity index (χ0) is 40.3. The van der Waals surface area contributed by atoms with Crippen molar-refractivity contribution in [2.24, 2.45) is 0 Å². The topological polar surface area (TPSA) is 8.17 Å². The third-order valence-electron chi connectivity index (χ3n) is 12.2. The highest BCUT2D eigenvalue weighted by Gasteiger charge is 2.26. The van der Waals surface area contributed by atoms with Crippen molar-refractivity contribution in [3.8, 4) is 39.1 Å². The van der Waals surface area contributed by atoms with Gasteiger partial charge in [-0.2, -0.15) is 0 Å². The van der Waals surface area contributed by atoms with Crippen molar-refractivity contribution >= 4 is 81.1 Å². The first-order valence-electron chi connectivity index (χ1n) is 20.9. The predicted molar refractivity (Wildman–Crippen MR) is 262 cm³/mol. The molecule has 0 saturated carbocycles. The summed E-state index contributed by atoms with van der Waals surface area (Å²) in [5.41, 5.74) is 14.0. The number of aromatic nitrogens is 1. The maximum absolute atomic E-state index is 2.55. The summed E-state index contributed by atoms with van der Waals surface area (Å²) in [6, 6.07) is 84.3. The number of hydrogen-bond donors (Lipinski definition) is 0. The second-order valence-electron chi connectivity index (χ2n) is 15.6. The summed E-state index contributed by atoms with van der Waals surface area (Å²) >= 11 is 1.87. The van der Waals surface area contributed by atoms with Gasteiger partial charge in [-0.15, -0.1) is 11.3 Å². The number of hydrogen-bond acceptors (Lipinski definition) is 2. The van der Waals surface area contributed by atoms with Crippen LogP contribution in [0.4, 0.5) is 17.1 Å². The SMILES string of the molecule is c1ccc(-c2cccc3cccc(-c4ccccc4N(c4ccccc4-c4cccc5sc6ccccc6c45)c4cccc5c4c4ccccc4n5-c4ccccc4)c23)cc1. The molecule has 0 amide bonds. The van der Waals surface area contributed by atoms with E-state index in [0.717, 1.165) is 33.8 Å². The van der Waals surface area contributed by atoms with E-state index in [4.69, 9.17) is 0 Å². The Hall–Kier alpha value is -7.72. The Labute approximate surface area is 358 Å². The van der Waals surface area contributed by atoms with Gasteiger partial charge in [0.25, 0.3) is 0 Å². The maximum atomic E-state index is 2.55. The van der Waals surface area contributed by atoms with Gasteiger partial charge in [0.1, 0.15) is 0 Å². The van der Waals surface area contributed by atoms with Gasteiger partial charge in [0.15, 0.2) is 0 Å². The smallest absolute Gasteiger partial charge is 0.0562 e. The van der Waals surface area contributed by atoms with Crippen LogP contribution in [0.15, 0.2) is 231 Å². The molecule has 0 aliphatic carbocycles. The molecule has 0 N–H and O–H groups in total. The van der Waals surface area contributed by atoms with Crippen LogP contribution in [-0.4, -0.2) is 4.57 Å². The fourth-order valence-electron chi connectivity index (χ4n) is 9.65. The van der Waals surface area contributed by atoms with Gasteiger partial charge in [0.2, 0.25) is 0 Å². The standard InChI is InChI=1S/C58H38N2S/c1-3-19-39(20-4-1)42-29-15-21-40-22-16-30-45(56(40)42)43-25-7-11-32-49(43)60(50-33-12-8-26-44(50)46-31-17-38-55-57(46)48-28-10-14-37-54(48)61-55)53-36-18-35-52-58(53)47-27-9-13-34-51(47)59(52)41-23-5-2-6-24-41/h1-38H. The average Bonchev–Trinajstić information content (AvgIpc) is 3.89. The Kier molecular flexibility index (Phi) is 8.39. The Morgan fingerprint density at radius 1 is 0.311 bits per heavy atom. The molecule has 0 fully saturated rings. The second-order valence-corrected chi connectivity index (χ2v) is 16.7. The van der Waals surface area contributed by atoms with E-state index in [1.807, 2.05) is 11.3 Å². The van der Waals surface area contributed by atoms with E-state index in [0.29, 0.717) is 0 Å². The lowest BCUT2D eigenvalue weighted by molar-refractivity contribution is 1.18. The third-order valence-corrected chi connectivity index (χ3v) is 13.3. The van der Waals surface area contributed by atoms with Crippen LogP contribution in [-0.2, 0) is 0 Å². The van der Waals surface area contributed by atoms with Crippen LogP contribution < -0.4 is 4.90 Å². The third kappa shape index (κ3) is 5.70. The van der Waals surface area contributed by atoms with E-state index < -0.39 is 0 Å². The molecule has 3 heteroatoms. The van der Waals surface area contributed by atoms with E-state index in [-0.39, 0.29) is 0 Å². The minimum atomic E-state index is 1.11. The molecular weight excluding hydrogens is 757 g/mol. The lowest BCUT2D eigenvalue weighted by atomic mass is 9.90. The summed E-state index contributed by atoms with van der Waals surface area (Å²) in [6.45, 7) is 0. The molecule has 61 heavy (non-hydrogen) atoms. The summed E-state index contributed by atoms with van der Waals surface area (Å²) in [4.78, 5) is 2.55. The molecule has 12 aromatic rings. The van der Waals surface area contributed by atoms with Crippen LogP contribution in [0.2, 0.25) is 0 Å². The minimum absolute atomic E-state index is 1.11. The van der Waals surface area contributed by atoms with Crippen LogP contribution in [0, 0.1) is 0 Å². The lowest BCUT2D eigenvalue weighted by Gasteiger charge is -2.31. The summed E-state index contributed by atoms with van der Waals surface area (Å²) < 4.78 is 5.00. The van der Waals surface area contributed by atoms with Gasteiger partial charge < -0.3 is 9.47 Å². The molecule has 286 valence electrons. The van der Waals surface area contributed by atoms with E-state index >= 15 is 0 Å². The highest BCUT2D eigenvalue weighted by atomic mass is 32.1. The Bertz CT molecular complexity index is 3590. The zero-order valence-corrected chi connectivity index (χ0v) is 34.1. The van der Waals surface area contributed by atoms with Crippen LogP contribution in [0.3, 0.4) is 0 Å². The minimum Gasteiger partial charge on any atom is -0.309 e. The van der Waals surface area contributed by atoms with Crippen molar-refractivity contribution < 1.29 is 0 Å². The highest BCUT2D eigenvalue weighted by Crippen LogP contribution is 2.51. The molecule has 0 spiro atoms. The number of para-hydroxylation sites is 4. The molecule has 12 rings (SSSR count). The van der Waals surface area contributed by atoms with Gasteiger partial charge in [-0.05, 0) is 87.6 Å². The molecule has 2 nitrogen and oxygen atoms in total. The lowest BCUT2D eigenvalue weighted by Crippen LogP contribution is -2.13. The Balaban J connectivity index is 1.20. The summed E-state index contributed by atoms with van der Waals surface area (Å²) in [5, 5.41) is 7.45. The number of rotatable bonds is 7. The monoisotopic (exact) mass is 794 g/mol. The molecule has 0 aliphatic rings. The van der Waals surface area contributed by atoms with Gasteiger partial charge in [-0.25, -0.2) is 0 Å². The average molecular weight is 795 g/mol. The quantitative estimate of drug-likeness (QED) is 0.156. The normalized spacial score (nSPS) is 11.6. The van der Waals surface area contributed by atoms with Crippen LogP contribution in [0.5, 0.6) is 0 Å². The first kappa shape index (κ1) is 35.2. The molecule has 0 radical (unpaired) electrons.